The second kappa shape index (κ2) is 5.76. The zero-order valence-corrected chi connectivity index (χ0v) is 13.4. The van der Waals surface area contributed by atoms with Gasteiger partial charge >= 0.3 is 0 Å². The number of aliphatic hydroxyl groups excluding tert-OH is 1. The fraction of sp³-hybridized carbons (Fsp3) is 0.625. The normalized spacial score (nSPS) is 28.0. The predicted octanol–water partition coefficient (Wildman–Crippen LogP) is 2.08. The minimum atomic E-state index is 0.182. The zero-order valence-electron chi connectivity index (χ0n) is 12.6. The van der Waals surface area contributed by atoms with Crippen molar-refractivity contribution in [2.45, 2.75) is 50.6 Å². The molecule has 0 saturated heterocycles. The van der Waals surface area contributed by atoms with Gasteiger partial charge in [0.05, 0.1) is 5.39 Å². The zero-order chi connectivity index (χ0) is 15.1. The summed E-state index contributed by atoms with van der Waals surface area (Å²) in [6.07, 6.45) is 8.07. The highest BCUT2D eigenvalue weighted by Gasteiger charge is 2.30. The van der Waals surface area contributed by atoms with Gasteiger partial charge in [-0.2, -0.15) is 0 Å². The molecule has 2 heterocycles. The van der Waals surface area contributed by atoms with Crippen molar-refractivity contribution in [1.82, 2.24) is 9.97 Å². The molecule has 0 aliphatic heterocycles. The van der Waals surface area contributed by atoms with E-state index < -0.39 is 0 Å². The van der Waals surface area contributed by atoms with Crippen LogP contribution in [0.3, 0.4) is 0 Å². The van der Waals surface area contributed by atoms with Crippen molar-refractivity contribution in [3.63, 3.8) is 0 Å². The Morgan fingerprint density at radius 2 is 2.23 bits per heavy atom. The highest BCUT2D eigenvalue weighted by atomic mass is 32.1. The van der Waals surface area contributed by atoms with Crippen molar-refractivity contribution in [3.8, 4) is 0 Å². The van der Waals surface area contributed by atoms with Crippen molar-refractivity contribution < 1.29 is 5.11 Å². The van der Waals surface area contributed by atoms with Gasteiger partial charge in [0.1, 0.15) is 17.0 Å². The van der Waals surface area contributed by atoms with E-state index in [4.69, 9.17) is 5.73 Å². The van der Waals surface area contributed by atoms with E-state index in [0.29, 0.717) is 0 Å². The van der Waals surface area contributed by atoms with Gasteiger partial charge < -0.3 is 16.2 Å². The van der Waals surface area contributed by atoms with Crippen LogP contribution in [0.5, 0.6) is 0 Å². The summed E-state index contributed by atoms with van der Waals surface area (Å²) in [5, 5.41) is 14.5. The van der Waals surface area contributed by atoms with Gasteiger partial charge in [-0.05, 0) is 44.1 Å². The Balaban J connectivity index is 1.66. The van der Waals surface area contributed by atoms with Crippen LogP contribution in [0, 0.1) is 5.92 Å². The summed E-state index contributed by atoms with van der Waals surface area (Å²) in [5.74, 6) is 1.16. The molecule has 5 nitrogen and oxygen atoms in total. The van der Waals surface area contributed by atoms with Crippen LogP contribution in [0.4, 0.5) is 5.82 Å². The molecule has 0 amide bonds. The lowest BCUT2D eigenvalue weighted by Crippen LogP contribution is -2.42. The number of nitrogens with two attached hydrogens (primary N) is 1. The topological polar surface area (TPSA) is 84.1 Å². The highest BCUT2D eigenvalue weighted by Crippen LogP contribution is 2.39. The summed E-state index contributed by atoms with van der Waals surface area (Å²) in [6, 6.07) is 0.464. The Labute approximate surface area is 134 Å². The largest absolute Gasteiger partial charge is 0.396 e. The van der Waals surface area contributed by atoms with E-state index >= 15 is 0 Å². The lowest BCUT2D eigenvalue weighted by Gasteiger charge is -2.34. The Kier molecular flexibility index (Phi) is 3.76. The van der Waals surface area contributed by atoms with Crippen molar-refractivity contribution >= 4 is 27.4 Å². The van der Waals surface area contributed by atoms with Gasteiger partial charge in [-0.1, -0.05) is 0 Å². The molecule has 118 valence electrons. The maximum absolute atomic E-state index is 9.66. The quantitative estimate of drug-likeness (QED) is 0.807. The maximum Gasteiger partial charge on any atom is 0.138 e. The van der Waals surface area contributed by atoms with E-state index in [1.165, 1.54) is 28.7 Å². The summed E-state index contributed by atoms with van der Waals surface area (Å²) in [6.45, 7) is 0.182. The van der Waals surface area contributed by atoms with Crippen LogP contribution in [0.25, 0.3) is 10.2 Å². The summed E-state index contributed by atoms with van der Waals surface area (Å²) in [5.41, 5.74) is 7.48. The molecular formula is C16H22N4OS. The van der Waals surface area contributed by atoms with Crippen molar-refractivity contribution in [1.29, 1.82) is 0 Å². The van der Waals surface area contributed by atoms with E-state index in [-0.39, 0.29) is 24.6 Å². The highest BCUT2D eigenvalue weighted by molar-refractivity contribution is 7.19. The lowest BCUT2D eigenvalue weighted by atomic mass is 9.82. The molecule has 4 rings (SSSR count). The molecule has 0 aromatic carbocycles. The molecule has 6 heteroatoms. The van der Waals surface area contributed by atoms with Crippen LogP contribution < -0.4 is 11.1 Å². The summed E-state index contributed by atoms with van der Waals surface area (Å²) in [7, 11) is 0. The fourth-order valence-corrected chi connectivity index (χ4v) is 5.13. The van der Waals surface area contributed by atoms with Crippen LogP contribution in [0.1, 0.15) is 36.1 Å². The smallest absolute Gasteiger partial charge is 0.138 e. The van der Waals surface area contributed by atoms with E-state index in [9.17, 15) is 5.11 Å². The molecule has 4 N–H and O–H groups in total. The Morgan fingerprint density at radius 1 is 1.32 bits per heavy atom. The number of aromatic nitrogens is 2. The standard InChI is InChI=1S/C16H22N4OS/c17-10-4-5-12(9(6-10)7-21)20-15-14-11-2-1-3-13(11)22-16(14)19-8-18-15/h8-10,12,21H,1-7,17H2,(H,18,19,20)/t9-,10-,12-/m1/s1. The molecule has 0 unspecified atom stereocenters. The van der Waals surface area contributed by atoms with E-state index in [1.807, 2.05) is 11.3 Å². The number of rotatable bonds is 3. The molecule has 0 bridgehead atoms. The third-order valence-electron chi connectivity index (χ3n) is 5.08. The number of thiophene rings is 1. The molecule has 22 heavy (non-hydrogen) atoms. The van der Waals surface area contributed by atoms with Gasteiger partial charge in [-0.25, -0.2) is 9.97 Å². The second-order valence-corrected chi connectivity index (χ2v) is 7.61. The van der Waals surface area contributed by atoms with Crippen LogP contribution in [-0.2, 0) is 12.8 Å². The van der Waals surface area contributed by atoms with Crippen molar-refractivity contribution in [2.24, 2.45) is 11.7 Å². The molecule has 2 aromatic heterocycles. The summed E-state index contributed by atoms with van der Waals surface area (Å²) in [4.78, 5) is 11.5. The molecule has 2 aliphatic carbocycles. The van der Waals surface area contributed by atoms with Gasteiger partial charge in [0.25, 0.3) is 0 Å². The number of hydrogen-bond donors (Lipinski definition) is 3. The number of aryl methyl sites for hydroxylation is 2. The molecule has 2 aliphatic rings. The molecule has 0 spiro atoms. The second-order valence-electron chi connectivity index (χ2n) is 6.53. The Morgan fingerprint density at radius 3 is 3.09 bits per heavy atom. The van der Waals surface area contributed by atoms with E-state index in [2.05, 4.69) is 15.3 Å². The molecule has 1 saturated carbocycles. The Bertz CT molecular complexity index is 686. The SMILES string of the molecule is N[C@@H]1CC[C@@H](Nc2ncnc3sc4c(c23)CCC4)[C@@H](CO)C1. The number of fused-ring (bicyclic) bond motifs is 3. The minimum Gasteiger partial charge on any atom is -0.396 e. The van der Waals surface area contributed by atoms with E-state index in [1.54, 1.807) is 6.33 Å². The summed E-state index contributed by atoms with van der Waals surface area (Å²) >= 11 is 1.81. The molecule has 2 aromatic rings. The van der Waals surface area contributed by atoms with Gasteiger partial charge in [-0.15, -0.1) is 11.3 Å². The summed E-state index contributed by atoms with van der Waals surface area (Å²) < 4.78 is 0. The first kappa shape index (κ1) is 14.4. The van der Waals surface area contributed by atoms with Crippen molar-refractivity contribution in [2.75, 3.05) is 11.9 Å². The third-order valence-corrected chi connectivity index (χ3v) is 6.28. The predicted molar refractivity (Wildman–Crippen MR) is 89.3 cm³/mol. The molecule has 0 radical (unpaired) electrons. The minimum absolute atomic E-state index is 0.182. The monoisotopic (exact) mass is 318 g/mol. The van der Waals surface area contributed by atoms with Crippen molar-refractivity contribution in [3.05, 3.63) is 16.8 Å². The lowest BCUT2D eigenvalue weighted by molar-refractivity contribution is 0.168. The van der Waals surface area contributed by atoms with Crippen LogP contribution in [0.15, 0.2) is 6.33 Å². The first-order valence-electron chi connectivity index (χ1n) is 8.14. The maximum atomic E-state index is 9.66. The van der Waals surface area contributed by atoms with Gasteiger partial charge in [-0.3, -0.25) is 0 Å². The molecule has 1 fully saturated rings. The number of aliphatic hydroxyl groups is 1. The van der Waals surface area contributed by atoms with Crippen LogP contribution >= 0.6 is 11.3 Å². The van der Waals surface area contributed by atoms with Crippen LogP contribution in [0.2, 0.25) is 0 Å². The molecule has 3 atom stereocenters. The first-order valence-corrected chi connectivity index (χ1v) is 8.96. The number of anilines is 1. The first-order chi connectivity index (χ1) is 10.8. The van der Waals surface area contributed by atoms with Gasteiger partial charge in [0, 0.05) is 29.5 Å². The average Bonchev–Trinajstić information content (AvgIpc) is 3.09. The number of nitrogens with one attached hydrogen (secondary N) is 1. The molecular weight excluding hydrogens is 296 g/mol. The van der Waals surface area contributed by atoms with Gasteiger partial charge in [0.15, 0.2) is 0 Å². The Hall–Kier alpha value is -1.24. The fourth-order valence-electron chi connectivity index (χ4n) is 3.91. The van der Waals surface area contributed by atoms with Gasteiger partial charge in [0.2, 0.25) is 0 Å². The number of nitrogens with zero attached hydrogens (tertiary/aromatic N) is 2. The average molecular weight is 318 g/mol. The third kappa shape index (κ3) is 2.39. The van der Waals surface area contributed by atoms with Crippen LogP contribution in [-0.4, -0.2) is 33.8 Å². The van der Waals surface area contributed by atoms with E-state index in [0.717, 1.165) is 36.3 Å². The number of hydrogen-bond acceptors (Lipinski definition) is 6.